The first-order valence-corrected chi connectivity index (χ1v) is 15.0. The van der Waals surface area contributed by atoms with Gasteiger partial charge < -0.3 is 18.9 Å². The lowest BCUT2D eigenvalue weighted by Crippen LogP contribution is -2.35. The third-order valence-electron chi connectivity index (χ3n) is 9.44. The Morgan fingerprint density at radius 1 is 1.02 bits per heavy atom. The van der Waals surface area contributed by atoms with Crippen molar-refractivity contribution in [3.05, 3.63) is 52.2 Å². The van der Waals surface area contributed by atoms with E-state index in [1.54, 1.807) is 32.0 Å². The number of hydrogen-bond donors (Lipinski definition) is 0. The second kappa shape index (κ2) is 11.9. The molecule has 0 atom stereocenters. The number of likely N-dealkylation sites (tertiary alicyclic amines) is 1. The number of nitrogens with zero attached hydrogens (tertiary/aromatic N) is 4. The van der Waals surface area contributed by atoms with Crippen LogP contribution in [0.3, 0.4) is 0 Å². The predicted octanol–water partition coefficient (Wildman–Crippen LogP) is 5.61. The Morgan fingerprint density at radius 3 is 2.25 bits per heavy atom. The lowest BCUT2D eigenvalue weighted by molar-refractivity contribution is 0.158. The van der Waals surface area contributed by atoms with Crippen molar-refractivity contribution in [2.45, 2.75) is 64.8 Å². The molecule has 2 aliphatic rings. The summed E-state index contributed by atoms with van der Waals surface area (Å²) in [6, 6.07) is 6.33. The summed E-state index contributed by atoms with van der Waals surface area (Å²) in [6.45, 7) is 13.2. The molecule has 2 fully saturated rings. The van der Waals surface area contributed by atoms with Crippen LogP contribution in [0.25, 0.3) is 21.9 Å². The van der Waals surface area contributed by atoms with E-state index in [1.807, 2.05) is 6.20 Å². The van der Waals surface area contributed by atoms with E-state index in [2.05, 4.69) is 53.8 Å². The van der Waals surface area contributed by atoms with Gasteiger partial charge in [-0.25, -0.2) is 0 Å². The molecule has 1 saturated carbocycles. The van der Waals surface area contributed by atoms with Crippen LogP contribution in [-0.4, -0.2) is 66.3 Å². The zero-order chi connectivity index (χ0) is 28.4. The molecular formula is C33H46N4O3. The molecule has 0 bridgehead atoms. The van der Waals surface area contributed by atoms with E-state index < -0.39 is 0 Å². The molecule has 1 saturated heterocycles. The molecular weight excluding hydrogens is 500 g/mol. The molecule has 1 aromatic carbocycles. The van der Waals surface area contributed by atoms with Crippen LogP contribution < -0.4 is 15.0 Å². The first kappa shape index (κ1) is 28.6. The minimum absolute atomic E-state index is 0.0326. The van der Waals surface area contributed by atoms with Crippen LogP contribution in [0.1, 0.15) is 64.1 Å². The van der Waals surface area contributed by atoms with Gasteiger partial charge >= 0.3 is 0 Å². The first-order chi connectivity index (χ1) is 19.3. The maximum atomic E-state index is 13.0. The van der Waals surface area contributed by atoms with Crippen molar-refractivity contribution in [2.75, 3.05) is 46.9 Å². The van der Waals surface area contributed by atoms with Crippen molar-refractivity contribution in [1.82, 2.24) is 19.4 Å². The van der Waals surface area contributed by atoms with Crippen LogP contribution in [0.15, 0.2) is 35.4 Å². The number of hydrogen-bond acceptors (Lipinski definition) is 6. The Bertz CT molecular complexity index is 1370. The number of piperidine rings is 1. The van der Waals surface area contributed by atoms with Crippen molar-refractivity contribution >= 4 is 10.8 Å². The van der Waals surface area contributed by atoms with E-state index >= 15 is 0 Å². The number of ether oxygens (including phenoxy) is 2. The summed E-state index contributed by atoms with van der Waals surface area (Å²) in [6.07, 6.45) is 9.73. The molecule has 3 heterocycles. The van der Waals surface area contributed by atoms with E-state index in [4.69, 9.17) is 9.47 Å². The molecule has 0 unspecified atom stereocenters. The molecule has 7 heteroatoms. The maximum Gasteiger partial charge on any atom is 0.259 e. The highest BCUT2D eigenvalue weighted by Crippen LogP contribution is 2.47. The van der Waals surface area contributed by atoms with Gasteiger partial charge in [-0.3, -0.25) is 14.7 Å². The van der Waals surface area contributed by atoms with Gasteiger partial charge in [0.05, 0.1) is 25.2 Å². The Labute approximate surface area is 239 Å². The molecule has 5 rings (SSSR count). The normalized spacial score (nSPS) is 17.5. The van der Waals surface area contributed by atoms with Gasteiger partial charge in [-0.05, 0) is 99.9 Å². The Kier molecular flexibility index (Phi) is 8.52. The minimum atomic E-state index is -0.0326. The smallest absolute Gasteiger partial charge is 0.259 e. The zero-order valence-electron chi connectivity index (χ0n) is 25.3. The van der Waals surface area contributed by atoms with Gasteiger partial charge in [0.1, 0.15) is 11.5 Å². The monoisotopic (exact) mass is 546 g/mol. The fourth-order valence-corrected chi connectivity index (χ4v) is 6.22. The van der Waals surface area contributed by atoms with Crippen LogP contribution in [0.2, 0.25) is 0 Å². The zero-order valence-corrected chi connectivity index (χ0v) is 25.3. The minimum Gasteiger partial charge on any atom is -0.496 e. The Hall–Kier alpha value is -2.90. The van der Waals surface area contributed by atoms with Crippen LogP contribution in [-0.2, 0) is 19.0 Å². The van der Waals surface area contributed by atoms with Crippen molar-refractivity contribution in [2.24, 2.45) is 13.0 Å². The van der Waals surface area contributed by atoms with Gasteiger partial charge in [0.15, 0.2) is 0 Å². The lowest BCUT2D eigenvalue weighted by atomic mass is 9.92. The Balaban J connectivity index is 1.42. The number of rotatable bonds is 11. The maximum absolute atomic E-state index is 13.0. The number of aryl methyl sites for hydroxylation is 1. The summed E-state index contributed by atoms with van der Waals surface area (Å²) in [4.78, 5) is 22.8. The highest BCUT2D eigenvalue weighted by Gasteiger charge is 2.40. The fraction of sp³-hybridized carbons (Fsp3) is 0.576. The third-order valence-corrected chi connectivity index (χ3v) is 9.44. The first-order valence-electron chi connectivity index (χ1n) is 15.0. The molecule has 1 aliphatic carbocycles. The largest absolute Gasteiger partial charge is 0.496 e. The third kappa shape index (κ3) is 5.77. The molecule has 40 heavy (non-hydrogen) atoms. The van der Waals surface area contributed by atoms with Gasteiger partial charge in [0.25, 0.3) is 5.56 Å². The molecule has 3 aromatic rings. The lowest BCUT2D eigenvalue weighted by Gasteiger charge is -2.33. The standard InChI is InChI=1S/C33H46N4O3/c1-7-36(8-2)14-9-23-10-15-37(16-11-23)22-28-29(39-5)17-24(18-30(28)40-6)27-21-35(4)32(38)26-20-34-31(19-25(26)27)33(3)12-13-33/h17-21,23H,7-16,22H2,1-6H3. The van der Waals surface area contributed by atoms with Gasteiger partial charge in [-0.1, -0.05) is 20.8 Å². The number of methoxy groups -OCH3 is 2. The summed E-state index contributed by atoms with van der Waals surface area (Å²) in [5.41, 5.74) is 4.19. The van der Waals surface area contributed by atoms with Gasteiger partial charge in [-0.2, -0.15) is 0 Å². The van der Waals surface area contributed by atoms with Crippen molar-refractivity contribution < 1.29 is 9.47 Å². The van der Waals surface area contributed by atoms with Gasteiger partial charge in [-0.15, -0.1) is 0 Å². The number of pyridine rings is 2. The second-order valence-electron chi connectivity index (χ2n) is 12.0. The molecule has 216 valence electrons. The van der Waals surface area contributed by atoms with E-state index in [0.717, 1.165) is 90.8 Å². The summed E-state index contributed by atoms with van der Waals surface area (Å²) in [5, 5.41) is 1.57. The predicted molar refractivity (Wildman–Crippen MR) is 163 cm³/mol. The quantitative estimate of drug-likeness (QED) is 0.311. The van der Waals surface area contributed by atoms with E-state index in [9.17, 15) is 4.79 Å². The van der Waals surface area contributed by atoms with Crippen LogP contribution in [0.4, 0.5) is 0 Å². The fourth-order valence-electron chi connectivity index (χ4n) is 6.22. The average molecular weight is 547 g/mol. The summed E-state index contributed by atoms with van der Waals surface area (Å²) in [7, 11) is 5.27. The number of aromatic nitrogens is 2. The van der Waals surface area contributed by atoms with Crippen molar-refractivity contribution in [3.63, 3.8) is 0 Å². The summed E-state index contributed by atoms with van der Waals surface area (Å²) >= 11 is 0. The molecule has 0 N–H and O–H groups in total. The molecule has 2 aromatic heterocycles. The highest BCUT2D eigenvalue weighted by molar-refractivity contribution is 5.96. The average Bonchev–Trinajstić information content (AvgIpc) is 3.74. The second-order valence-corrected chi connectivity index (χ2v) is 12.0. The SMILES string of the molecule is CCN(CC)CCC1CCN(Cc2c(OC)cc(-c3cn(C)c(=O)c4cnc(C5(C)CC5)cc34)cc2OC)CC1. The Morgan fingerprint density at radius 2 is 1.68 bits per heavy atom. The topological polar surface area (TPSA) is 59.8 Å². The van der Waals surface area contributed by atoms with E-state index in [1.165, 1.54) is 25.8 Å². The van der Waals surface area contributed by atoms with Crippen LogP contribution in [0, 0.1) is 5.92 Å². The van der Waals surface area contributed by atoms with Crippen LogP contribution in [0.5, 0.6) is 11.5 Å². The van der Waals surface area contributed by atoms with Gasteiger partial charge in [0.2, 0.25) is 0 Å². The van der Waals surface area contributed by atoms with Gasteiger partial charge in [0, 0.05) is 42.7 Å². The van der Waals surface area contributed by atoms with Crippen molar-refractivity contribution in [3.8, 4) is 22.6 Å². The molecule has 0 amide bonds. The summed E-state index contributed by atoms with van der Waals surface area (Å²) in [5.74, 6) is 2.45. The highest BCUT2D eigenvalue weighted by atomic mass is 16.5. The van der Waals surface area contributed by atoms with Crippen molar-refractivity contribution in [1.29, 1.82) is 0 Å². The summed E-state index contributed by atoms with van der Waals surface area (Å²) < 4.78 is 13.6. The van der Waals surface area contributed by atoms with E-state index in [-0.39, 0.29) is 11.0 Å². The number of benzene rings is 1. The molecule has 7 nitrogen and oxygen atoms in total. The number of fused-ring (bicyclic) bond motifs is 1. The van der Waals surface area contributed by atoms with E-state index in [0.29, 0.717) is 5.39 Å². The molecule has 1 aliphatic heterocycles. The molecule has 0 radical (unpaired) electrons. The molecule has 0 spiro atoms. The van der Waals surface area contributed by atoms with Crippen LogP contribution >= 0.6 is 0 Å².